The quantitative estimate of drug-likeness (QED) is 0.542. The number of carbonyl (C=O) groups is 1. The number of hydrogen-bond donors (Lipinski definition) is 1. The summed E-state index contributed by atoms with van der Waals surface area (Å²) in [6.45, 7) is 0.279. The van der Waals surface area contributed by atoms with Gasteiger partial charge in [0.25, 0.3) is 0 Å². The summed E-state index contributed by atoms with van der Waals surface area (Å²) in [4.78, 5) is 10.4. The Morgan fingerprint density at radius 1 is 1.54 bits per heavy atom. The number of halogens is 1. The summed E-state index contributed by atoms with van der Waals surface area (Å²) in [6, 6.07) is 4.92. The molecule has 13 heavy (non-hydrogen) atoms. The van der Waals surface area contributed by atoms with Gasteiger partial charge in [-0.05, 0) is 12.1 Å². The van der Waals surface area contributed by atoms with E-state index >= 15 is 0 Å². The van der Waals surface area contributed by atoms with Crippen molar-refractivity contribution in [3.05, 3.63) is 34.3 Å². The van der Waals surface area contributed by atoms with Gasteiger partial charge in [0.2, 0.25) is 0 Å². The summed E-state index contributed by atoms with van der Waals surface area (Å²) in [5.74, 6) is 5.46. The van der Waals surface area contributed by atoms with Gasteiger partial charge in [-0.15, -0.1) is 0 Å². The smallest absolute Gasteiger partial charge is 0.150 e. The third-order valence-corrected chi connectivity index (χ3v) is 1.78. The van der Waals surface area contributed by atoms with Crippen molar-refractivity contribution in [1.82, 2.24) is 0 Å². The van der Waals surface area contributed by atoms with Crippen LogP contribution in [0.2, 0.25) is 5.02 Å². The van der Waals surface area contributed by atoms with Gasteiger partial charge in [-0.25, -0.2) is 0 Å². The largest absolute Gasteiger partial charge is 0.320 e. The van der Waals surface area contributed by atoms with Gasteiger partial charge in [0, 0.05) is 11.1 Å². The molecule has 1 rings (SSSR count). The van der Waals surface area contributed by atoms with Gasteiger partial charge >= 0.3 is 0 Å². The summed E-state index contributed by atoms with van der Waals surface area (Å²) >= 11 is 5.83. The molecule has 2 N–H and O–H groups in total. The summed E-state index contributed by atoms with van der Waals surface area (Å²) in [5, 5.41) is 0.534. The lowest BCUT2D eigenvalue weighted by atomic mass is 10.1. The fourth-order valence-electron chi connectivity index (χ4n) is 0.858. The van der Waals surface area contributed by atoms with Gasteiger partial charge in [-0.1, -0.05) is 29.5 Å². The molecule has 0 atom stereocenters. The summed E-state index contributed by atoms with van der Waals surface area (Å²) in [6.07, 6.45) is 0.754. The molecule has 0 heterocycles. The second kappa shape index (κ2) is 4.66. The van der Waals surface area contributed by atoms with Crippen LogP contribution in [0, 0.1) is 11.8 Å². The van der Waals surface area contributed by atoms with Crippen LogP contribution in [0.3, 0.4) is 0 Å². The first-order valence-corrected chi connectivity index (χ1v) is 4.09. The Labute approximate surface area is 81.7 Å². The highest BCUT2D eigenvalue weighted by atomic mass is 35.5. The second-order valence-corrected chi connectivity index (χ2v) is 2.77. The summed E-state index contributed by atoms with van der Waals surface area (Å²) in [7, 11) is 0. The van der Waals surface area contributed by atoms with Crippen LogP contribution >= 0.6 is 11.6 Å². The standard InChI is InChI=1S/C10H8ClNO/c11-10-4-3-8(7-13)6-9(10)2-1-5-12/h3-4,6-7H,5,12H2. The fraction of sp³-hybridized carbons (Fsp3) is 0.100. The minimum atomic E-state index is 0.279. The van der Waals surface area contributed by atoms with E-state index in [-0.39, 0.29) is 6.54 Å². The van der Waals surface area contributed by atoms with Gasteiger partial charge in [-0.3, -0.25) is 4.79 Å². The molecular weight excluding hydrogens is 186 g/mol. The van der Waals surface area contributed by atoms with Crippen molar-refractivity contribution in [2.75, 3.05) is 6.54 Å². The molecule has 0 spiro atoms. The maximum atomic E-state index is 10.4. The zero-order chi connectivity index (χ0) is 9.68. The molecule has 1 aromatic rings. The number of carbonyl (C=O) groups excluding carboxylic acids is 1. The van der Waals surface area contributed by atoms with E-state index in [1.54, 1.807) is 18.2 Å². The van der Waals surface area contributed by atoms with Crippen LogP contribution in [-0.2, 0) is 0 Å². The van der Waals surface area contributed by atoms with Crippen LogP contribution in [-0.4, -0.2) is 12.8 Å². The first kappa shape index (κ1) is 9.79. The average molecular weight is 194 g/mol. The highest BCUT2D eigenvalue weighted by Gasteiger charge is 1.97. The van der Waals surface area contributed by atoms with Crippen molar-refractivity contribution in [2.45, 2.75) is 0 Å². The molecular formula is C10H8ClNO. The molecule has 0 aliphatic carbocycles. The Morgan fingerprint density at radius 2 is 2.31 bits per heavy atom. The Kier molecular flexibility index (Phi) is 3.51. The van der Waals surface area contributed by atoms with E-state index in [9.17, 15) is 4.79 Å². The SMILES string of the molecule is NCC#Cc1cc(C=O)ccc1Cl. The topological polar surface area (TPSA) is 43.1 Å². The third kappa shape index (κ3) is 2.59. The predicted molar refractivity (Wildman–Crippen MR) is 52.8 cm³/mol. The van der Waals surface area contributed by atoms with E-state index in [1.165, 1.54) is 0 Å². The van der Waals surface area contributed by atoms with Crippen LogP contribution < -0.4 is 5.73 Å². The molecule has 0 saturated heterocycles. The van der Waals surface area contributed by atoms with E-state index in [2.05, 4.69) is 11.8 Å². The van der Waals surface area contributed by atoms with Crippen LogP contribution in [0.4, 0.5) is 0 Å². The highest BCUT2D eigenvalue weighted by Crippen LogP contribution is 2.15. The van der Waals surface area contributed by atoms with Crippen molar-refractivity contribution in [2.24, 2.45) is 5.73 Å². The Morgan fingerprint density at radius 3 is 2.92 bits per heavy atom. The molecule has 0 aliphatic heterocycles. The lowest BCUT2D eigenvalue weighted by Crippen LogP contribution is -1.93. The number of benzene rings is 1. The van der Waals surface area contributed by atoms with Crippen LogP contribution in [0.25, 0.3) is 0 Å². The molecule has 0 radical (unpaired) electrons. The molecule has 1 aromatic carbocycles. The molecule has 3 heteroatoms. The zero-order valence-corrected chi connectivity index (χ0v) is 7.64. The number of rotatable bonds is 1. The summed E-state index contributed by atoms with van der Waals surface area (Å²) in [5.41, 5.74) is 6.41. The van der Waals surface area contributed by atoms with Gasteiger partial charge in [0.05, 0.1) is 11.6 Å². The van der Waals surface area contributed by atoms with Crippen LogP contribution in [0.5, 0.6) is 0 Å². The average Bonchev–Trinajstić information content (AvgIpc) is 2.17. The van der Waals surface area contributed by atoms with E-state index in [0.29, 0.717) is 16.1 Å². The van der Waals surface area contributed by atoms with Gasteiger partial charge < -0.3 is 5.73 Å². The molecule has 0 aliphatic rings. The minimum Gasteiger partial charge on any atom is -0.320 e. The van der Waals surface area contributed by atoms with Crippen LogP contribution in [0.15, 0.2) is 18.2 Å². The van der Waals surface area contributed by atoms with Crippen molar-refractivity contribution < 1.29 is 4.79 Å². The molecule has 0 bridgehead atoms. The van der Waals surface area contributed by atoms with Crippen molar-refractivity contribution in [3.63, 3.8) is 0 Å². The Hall–Kier alpha value is -1.30. The molecule has 0 aromatic heterocycles. The van der Waals surface area contributed by atoms with E-state index in [0.717, 1.165) is 6.29 Å². The molecule has 2 nitrogen and oxygen atoms in total. The second-order valence-electron chi connectivity index (χ2n) is 2.36. The lowest BCUT2D eigenvalue weighted by molar-refractivity contribution is 0.112. The first-order valence-electron chi connectivity index (χ1n) is 3.71. The van der Waals surface area contributed by atoms with E-state index in [1.807, 2.05) is 0 Å². The molecule has 0 fully saturated rings. The van der Waals surface area contributed by atoms with Crippen molar-refractivity contribution in [1.29, 1.82) is 0 Å². The number of aldehydes is 1. The molecule has 0 amide bonds. The van der Waals surface area contributed by atoms with Gasteiger partial charge in [0.1, 0.15) is 6.29 Å². The van der Waals surface area contributed by atoms with Gasteiger partial charge in [-0.2, -0.15) is 0 Å². The zero-order valence-electron chi connectivity index (χ0n) is 6.88. The fourth-order valence-corrected chi connectivity index (χ4v) is 1.02. The lowest BCUT2D eigenvalue weighted by Gasteiger charge is -1.95. The first-order chi connectivity index (χ1) is 6.27. The summed E-state index contributed by atoms with van der Waals surface area (Å²) < 4.78 is 0. The highest BCUT2D eigenvalue weighted by molar-refractivity contribution is 6.31. The van der Waals surface area contributed by atoms with Crippen molar-refractivity contribution >= 4 is 17.9 Å². The predicted octanol–water partition coefficient (Wildman–Crippen LogP) is 1.46. The van der Waals surface area contributed by atoms with Crippen molar-refractivity contribution in [3.8, 4) is 11.8 Å². The van der Waals surface area contributed by atoms with E-state index < -0.39 is 0 Å². The molecule has 0 saturated carbocycles. The normalized spacial score (nSPS) is 8.77. The third-order valence-electron chi connectivity index (χ3n) is 1.45. The van der Waals surface area contributed by atoms with Gasteiger partial charge in [0.15, 0.2) is 0 Å². The van der Waals surface area contributed by atoms with Crippen LogP contribution in [0.1, 0.15) is 15.9 Å². The Bertz CT molecular complexity index is 376. The molecule has 0 unspecified atom stereocenters. The molecule has 66 valence electrons. The monoisotopic (exact) mass is 193 g/mol. The number of nitrogens with two attached hydrogens (primary N) is 1. The number of hydrogen-bond acceptors (Lipinski definition) is 2. The maximum Gasteiger partial charge on any atom is 0.150 e. The maximum absolute atomic E-state index is 10.4. The van der Waals surface area contributed by atoms with E-state index in [4.69, 9.17) is 17.3 Å². The Balaban J connectivity index is 3.11. The minimum absolute atomic E-state index is 0.279.